The van der Waals surface area contributed by atoms with Crippen molar-refractivity contribution in [1.82, 2.24) is 0 Å². The molecule has 2 aromatic carbocycles. The lowest BCUT2D eigenvalue weighted by Gasteiger charge is -2.21. The van der Waals surface area contributed by atoms with Crippen LogP contribution in [-0.4, -0.2) is 5.11 Å². The van der Waals surface area contributed by atoms with Crippen molar-refractivity contribution in [1.29, 1.82) is 0 Å². The molecule has 0 saturated carbocycles. The summed E-state index contributed by atoms with van der Waals surface area (Å²) in [5.74, 6) is 0.575. The molecule has 1 aliphatic rings. The molecule has 1 N–H and O–H groups in total. The van der Waals surface area contributed by atoms with Gasteiger partial charge in [-0.3, -0.25) is 0 Å². The fourth-order valence-corrected chi connectivity index (χ4v) is 3.30. The molecule has 0 radical (unpaired) electrons. The van der Waals surface area contributed by atoms with Gasteiger partial charge in [-0.05, 0) is 36.1 Å². The van der Waals surface area contributed by atoms with Gasteiger partial charge < -0.3 is 9.52 Å². The number of hydrogen-bond acceptors (Lipinski definition) is 2. The number of halogens is 1. The van der Waals surface area contributed by atoms with Gasteiger partial charge in [-0.2, -0.15) is 0 Å². The number of fused-ring (bicyclic) bond motifs is 2. The lowest BCUT2D eigenvalue weighted by atomic mass is 9.93. The largest absolute Gasteiger partial charge is 0.456 e. The molecule has 1 aromatic heterocycles. The quantitative estimate of drug-likeness (QED) is 0.724. The predicted octanol–water partition coefficient (Wildman–Crippen LogP) is 4.27. The summed E-state index contributed by atoms with van der Waals surface area (Å²) in [6.45, 7) is 0. The molecule has 20 heavy (non-hydrogen) atoms. The van der Waals surface area contributed by atoms with E-state index in [2.05, 4.69) is 6.07 Å². The Labute approximate surface area is 121 Å². The summed E-state index contributed by atoms with van der Waals surface area (Å²) in [7, 11) is 0. The fraction of sp³-hybridized carbons (Fsp3) is 0.176. The van der Waals surface area contributed by atoms with Gasteiger partial charge in [0.05, 0.1) is 5.02 Å². The Morgan fingerprint density at radius 2 is 1.95 bits per heavy atom. The van der Waals surface area contributed by atoms with Gasteiger partial charge in [0.2, 0.25) is 0 Å². The van der Waals surface area contributed by atoms with Crippen molar-refractivity contribution >= 4 is 22.6 Å². The van der Waals surface area contributed by atoms with E-state index in [4.69, 9.17) is 16.0 Å². The first-order valence-corrected chi connectivity index (χ1v) is 7.05. The van der Waals surface area contributed by atoms with Gasteiger partial charge in [-0.25, -0.2) is 0 Å². The number of benzene rings is 2. The number of aliphatic hydroxyl groups is 1. The predicted molar refractivity (Wildman–Crippen MR) is 79.0 cm³/mol. The van der Waals surface area contributed by atoms with Crippen LogP contribution in [0, 0.1) is 0 Å². The van der Waals surface area contributed by atoms with E-state index >= 15 is 0 Å². The molecule has 3 aromatic rings. The van der Waals surface area contributed by atoms with Gasteiger partial charge in [0, 0.05) is 5.39 Å². The van der Waals surface area contributed by atoms with Gasteiger partial charge in [0.15, 0.2) is 5.58 Å². The van der Waals surface area contributed by atoms with E-state index in [9.17, 15) is 5.11 Å². The topological polar surface area (TPSA) is 33.4 Å². The van der Waals surface area contributed by atoms with E-state index in [1.165, 1.54) is 5.56 Å². The first kappa shape index (κ1) is 12.0. The van der Waals surface area contributed by atoms with E-state index in [1.54, 1.807) is 6.07 Å². The van der Waals surface area contributed by atoms with Crippen molar-refractivity contribution in [3.05, 3.63) is 70.4 Å². The maximum absolute atomic E-state index is 11.1. The highest BCUT2D eigenvalue weighted by Crippen LogP contribution is 2.44. The van der Waals surface area contributed by atoms with E-state index < -0.39 is 5.60 Å². The van der Waals surface area contributed by atoms with E-state index in [-0.39, 0.29) is 0 Å². The van der Waals surface area contributed by atoms with Gasteiger partial charge in [-0.1, -0.05) is 48.0 Å². The summed E-state index contributed by atoms with van der Waals surface area (Å²) in [6.07, 6.45) is 1.50. The smallest absolute Gasteiger partial charge is 0.153 e. The summed E-state index contributed by atoms with van der Waals surface area (Å²) in [6, 6.07) is 15.5. The van der Waals surface area contributed by atoms with Crippen molar-refractivity contribution in [2.45, 2.75) is 18.4 Å². The van der Waals surface area contributed by atoms with Crippen LogP contribution < -0.4 is 0 Å². The summed E-state index contributed by atoms with van der Waals surface area (Å²) in [5, 5.41) is 12.6. The maximum Gasteiger partial charge on any atom is 0.153 e. The maximum atomic E-state index is 11.1. The molecule has 1 atom stereocenters. The van der Waals surface area contributed by atoms with E-state index in [0.717, 1.165) is 17.4 Å². The zero-order valence-electron chi connectivity index (χ0n) is 10.8. The number of hydrogen-bond donors (Lipinski definition) is 1. The highest BCUT2D eigenvalue weighted by atomic mass is 35.5. The molecule has 0 bridgehead atoms. The standard InChI is InChI=1S/C17H13ClO2/c18-14-7-3-5-12-10-15(20-16(12)14)17(19)9-8-11-4-1-2-6-13(11)17/h1-7,10,19H,8-9H2. The van der Waals surface area contributed by atoms with Crippen LogP contribution in [0.3, 0.4) is 0 Å². The molecule has 0 aliphatic heterocycles. The van der Waals surface area contributed by atoms with Crippen LogP contribution in [-0.2, 0) is 12.0 Å². The fourth-order valence-electron chi connectivity index (χ4n) is 3.08. The number of para-hydroxylation sites is 1. The first-order valence-electron chi connectivity index (χ1n) is 6.68. The third-order valence-electron chi connectivity index (χ3n) is 4.12. The lowest BCUT2D eigenvalue weighted by molar-refractivity contribution is 0.0605. The van der Waals surface area contributed by atoms with Gasteiger partial charge in [0.1, 0.15) is 11.4 Å². The highest BCUT2D eigenvalue weighted by molar-refractivity contribution is 6.34. The third kappa shape index (κ3) is 1.55. The highest BCUT2D eigenvalue weighted by Gasteiger charge is 2.41. The summed E-state index contributed by atoms with van der Waals surface area (Å²) in [4.78, 5) is 0. The minimum absolute atomic E-state index is 0.573. The van der Waals surface area contributed by atoms with Crippen molar-refractivity contribution in [3.63, 3.8) is 0 Å². The zero-order chi connectivity index (χ0) is 13.7. The van der Waals surface area contributed by atoms with Crippen LogP contribution in [0.4, 0.5) is 0 Å². The minimum Gasteiger partial charge on any atom is -0.456 e. The molecule has 100 valence electrons. The molecule has 1 heterocycles. The molecule has 3 heteroatoms. The Kier molecular flexibility index (Phi) is 2.47. The van der Waals surface area contributed by atoms with E-state index in [0.29, 0.717) is 22.8 Å². The molecule has 0 spiro atoms. The second kappa shape index (κ2) is 4.11. The Balaban J connectivity index is 1.93. The van der Waals surface area contributed by atoms with Crippen molar-refractivity contribution < 1.29 is 9.52 Å². The summed E-state index contributed by atoms with van der Waals surface area (Å²) >= 11 is 6.15. The van der Waals surface area contributed by atoms with Crippen LogP contribution in [0.15, 0.2) is 52.9 Å². The minimum atomic E-state index is -1.04. The molecular weight excluding hydrogens is 272 g/mol. The van der Waals surface area contributed by atoms with Crippen molar-refractivity contribution in [2.75, 3.05) is 0 Å². The van der Waals surface area contributed by atoms with Crippen LogP contribution in [0.2, 0.25) is 5.02 Å². The average Bonchev–Trinajstić information content (AvgIpc) is 3.04. The monoisotopic (exact) mass is 284 g/mol. The molecular formula is C17H13ClO2. The van der Waals surface area contributed by atoms with Crippen molar-refractivity contribution in [2.24, 2.45) is 0 Å². The van der Waals surface area contributed by atoms with Crippen LogP contribution in [0.25, 0.3) is 11.0 Å². The van der Waals surface area contributed by atoms with E-state index in [1.807, 2.05) is 36.4 Å². The number of rotatable bonds is 1. The molecule has 1 aliphatic carbocycles. The lowest BCUT2D eigenvalue weighted by Crippen LogP contribution is -2.22. The second-order valence-electron chi connectivity index (χ2n) is 5.29. The normalized spacial score (nSPS) is 21.3. The third-order valence-corrected chi connectivity index (χ3v) is 4.42. The first-order chi connectivity index (χ1) is 9.68. The van der Waals surface area contributed by atoms with Gasteiger partial charge in [0.25, 0.3) is 0 Å². The Morgan fingerprint density at radius 3 is 2.80 bits per heavy atom. The van der Waals surface area contributed by atoms with Gasteiger partial charge >= 0.3 is 0 Å². The average molecular weight is 285 g/mol. The second-order valence-corrected chi connectivity index (χ2v) is 5.69. The van der Waals surface area contributed by atoms with Crippen LogP contribution >= 0.6 is 11.6 Å². The van der Waals surface area contributed by atoms with Crippen LogP contribution in [0.5, 0.6) is 0 Å². The SMILES string of the molecule is OC1(c2cc3cccc(Cl)c3o2)CCc2ccccc21. The molecule has 0 fully saturated rings. The van der Waals surface area contributed by atoms with Gasteiger partial charge in [-0.15, -0.1) is 0 Å². The Morgan fingerprint density at radius 1 is 1.10 bits per heavy atom. The molecule has 1 unspecified atom stereocenters. The molecule has 0 saturated heterocycles. The zero-order valence-corrected chi connectivity index (χ0v) is 11.5. The van der Waals surface area contributed by atoms with Crippen molar-refractivity contribution in [3.8, 4) is 0 Å². The summed E-state index contributed by atoms with van der Waals surface area (Å²) < 4.78 is 5.86. The number of aryl methyl sites for hydroxylation is 1. The Bertz CT molecular complexity index is 806. The molecule has 0 amide bonds. The Hall–Kier alpha value is -1.77. The number of furan rings is 1. The van der Waals surface area contributed by atoms with Crippen LogP contribution in [0.1, 0.15) is 23.3 Å². The summed E-state index contributed by atoms with van der Waals surface area (Å²) in [5.41, 5.74) is 1.72. The molecule has 2 nitrogen and oxygen atoms in total. The molecule has 4 rings (SSSR count).